The van der Waals surface area contributed by atoms with Crippen LogP contribution >= 0.6 is 0 Å². The Morgan fingerprint density at radius 1 is 0.308 bits per heavy atom. The molecule has 0 fully saturated rings. The summed E-state index contributed by atoms with van der Waals surface area (Å²) in [6.45, 7) is 7.36. The lowest BCUT2D eigenvalue weighted by molar-refractivity contribution is -0.890. The maximum absolute atomic E-state index is 2.46. The van der Waals surface area contributed by atoms with Gasteiger partial charge in [-0.15, -0.1) is 0 Å². The maximum Gasteiger partial charge on any atom is 0.0782 e. The van der Waals surface area contributed by atoms with Crippen molar-refractivity contribution in [3.8, 4) is 0 Å². The van der Waals surface area contributed by atoms with Gasteiger partial charge in [0.25, 0.3) is 0 Å². The monoisotopic (exact) mass is 549 g/mol. The van der Waals surface area contributed by atoms with Gasteiger partial charge in [0.15, 0.2) is 0 Å². The second-order valence-corrected chi connectivity index (χ2v) is 13.6. The fourth-order valence-corrected chi connectivity index (χ4v) is 5.99. The van der Waals surface area contributed by atoms with Crippen LogP contribution in [-0.4, -0.2) is 31.7 Å². The highest BCUT2D eigenvalue weighted by molar-refractivity contribution is 4.81. The van der Waals surface area contributed by atoms with Crippen LogP contribution in [0.2, 0.25) is 0 Å². The van der Waals surface area contributed by atoms with E-state index in [1.807, 2.05) is 0 Å². The van der Waals surface area contributed by atoms with Gasteiger partial charge in [-0.2, -0.15) is 0 Å². The summed E-state index contributed by atoms with van der Waals surface area (Å²) in [6, 6.07) is 0. The molecule has 0 radical (unpaired) electrons. The molecule has 1 heteroatoms. The summed E-state index contributed by atoms with van der Waals surface area (Å²) in [4.78, 5) is 0. The third-order valence-corrected chi connectivity index (χ3v) is 8.89. The molecule has 1 nitrogen and oxygen atoms in total. The summed E-state index contributed by atoms with van der Waals surface area (Å²) >= 11 is 0. The van der Waals surface area contributed by atoms with Crippen LogP contribution < -0.4 is 0 Å². The average Bonchev–Trinajstić information content (AvgIpc) is 2.92. The van der Waals surface area contributed by atoms with Crippen molar-refractivity contribution in [2.75, 3.05) is 27.2 Å². The Balaban J connectivity index is 3.31. The minimum Gasteiger partial charge on any atom is -0.328 e. The van der Waals surface area contributed by atoms with Gasteiger partial charge in [-0.05, 0) is 51.4 Å². The van der Waals surface area contributed by atoms with Crippen molar-refractivity contribution < 1.29 is 4.48 Å². The van der Waals surface area contributed by atoms with Gasteiger partial charge in [-0.1, -0.05) is 167 Å². The standard InChI is InChI=1S/C38H78N/c1-5-7-9-11-13-15-17-19-21-23-25-27-29-31-33-35-37-39(3,4)38-36-34-32-30-28-26-24-22-20-18-16-14-12-10-8-6-2/h19,21H,5-18,20,22-38H2,1-4H3/q+1. The van der Waals surface area contributed by atoms with Crippen LogP contribution in [0.25, 0.3) is 0 Å². The minimum absolute atomic E-state index is 1.24. The Labute approximate surface area is 250 Å². The quantitative estimate of drug-likeness (QED) is 0.0434. The van der Waals surface area contributed by atoms with Gasteiger partial charge < -0.3 is 4.48 Å². The lowest BCUT2D eigenvalue weighted by Crippen LogP contribution is -2.41. The molecule has 0 aliphatic rings. The zero-order chi connectivity index (χ0) is 28.5. The molecular formula is C38H78N+. The molecule has 0 N–H and O–H groups in total. The highest BCUT2D eigenvalue weighted by Crippen LogP contribution is 2.15. The van der Waals surface area contributed by atoms with Crippen LogP contribution in [-0.2, 0) is 0 Å². The van der Waals surface area contributed by atoms with Gasteiger partial charge in [0.05, 0.1) is 27.2 Å². The van der Waals surface area contributed by atoms with Gasteiger partial charge in [-0.25, -0.2) is 0 Å². The summed E-state index contributed by atoms with van der Waals surface area (Å²) in [6.07, 6.45) is 48.0. The Hall–Kier alpha value is -0.300. The summed E-state index contributed by atoms with van der Waals surface area (Å²) in [7, 11) is 4.92. The molecule has 39 heavy (non-hydrogen) atoms. The van der Waals surface area contributed by atoms with Crippen LogP contribution in [0.5, 0.6) is 0 Å². The summed E-state index contributed by atoms with van der Waals surface area (Å²) in [5.74, 6) is 0. The van der Waals surface area contributed by atoms with E-state index in [2.05, 4.69) is 40.1 Å². The third kappa shape index (κ3) is 33.8. The van der Waals surface area contributed by atoms with E-state index < -0.39 is 0 Å². The van der Waals surface area contributed by atoms with E-state index in [1.54, 1.807) is 0 Å². The number of nitrogens with zero attached hydrogens (tertiary/aromatic N) is 1. The van der Waals surface area contributed by atoms with E-state index in [1.165, 1.54) is 210 Å². The van der Waals surface area contributed by atoms with Crippen LogP contribution in [0.1, 0.15) is 206 Å². The molecule has 0 aliphatic carbocycles. The van der Waals surface area contributed by atoms with Crippen LogP contribution in [0, 0.1) is 0 Å². The molecule has 0 bridgehead atoms. The Kier molecular flexibility index (Phi) is 32.0. The average molecular weight is 549 g/mol. The van der Waals surface area contributed by atoms with E-state index in [4.69, 9.17) is 0 Å². The summed E-state index contributed by atoms with van der Waals surface area (Å²) in [5.41, 5.74) is 0. The van der Waals surface area contributed by atoms with Gasteiger partial charge in [-0.3, -0.25) is 0 Å². The Morgan fingerprint density at radius 2 is 0.538 bits per heavy atom. The summed E-state index contributed by atoms with van der Waals surface area (Å²) < 4.78 is 1.24. The number of quaternary nitrogens is 1. The molecule has 0 unspecified atom stereocenters. The SMILES string of the molecule is CCCCCCCCC=CCCCCCCCC[N+](C)(C)CCCCCCCCCCCCCCCCCC. The molecule has 0 aromatic carbocycles. The molecule has 0 aliphatic heterocycles. The van der Waals surface area contributed by atoms with Crippen molar-refractivity contribution in [3.05, 3.63) is 12.2 Å². The zero-order valence-corrected chi connectivity index (χ0v) is 28.2. The van der Waals surface area contributed by atoms with Crippen molar-refractivity contribution in [2.45, 2.75) is 206 Å². The van der Waals surface area contributed by atoms with E-state index in [9.17, 15) is 0 Å². The molecule has 0 amide bonds. The van der Waals surface area contributed by atoms with E-state index in [-0.39, 0.29) is 0 Å². The first-order chi connectivity index (χ1) is 19.1. The largest absolute Gasteiger partial charge is 0.328 e. The molecule has 0 rings (SSSR count). The minimum atomic E-state index is 1.24. The van der Waals surface area contributed by atoms with Gasteiger partial charge >= 0.3 is 0 Å². The number of unbranched alkanes of at least 4 members (excludes halogenated alkanes) is 27. The highest BCUT2D eigenvalue weighted by Gasteiger charge is 2.13. The first-order valence-electron chi connectivity index (χ1n) is 18.6. The van der Waals surface area contributed by atoms with Gasteiger partial charge in [0.1, 0.15) is 0 Å². The van der Waals surface area contributed by atoms with Crippen LogP contribution in [0.3, 0.4) is 0 Å². The highest BCUT2D eigenvalue weighted by atomic mass is 15.3. The molecule has 0 saturated heterocycles. The second kappa shape index (κ2) is 32.2. The molecule has 0 heterocycles. The second-order valence-electron chi connectivity index (χ2n) is 13.6. The molecular weight excluding hydrogens is 470 g/mol. The molecule has 0 aromatic heterocycles. The fraction of sp³-hybridized carbons (Fsp3) is 0.947. The zero-order valence-electron chi connectivity index (χ0n) is 28.2. The normalized spacial score (nSPS) is 12.2. The fourth-order valence-electron chi connectivity index (χ4n) is 5.99. The predicted molar refractivity (Wildman–Crippen MR) is 181 cm³/mol. The van der Waals surface area contributed by atoms with E-state index in [0.29, 0.717) is 0 Å². The molecule has 0 aromatic rings. The number of rotatable bonds is 33. The summed E-state index contributed by atoms with van der Waals surface area (Å²) in [5, 5.41) is 0. The van der Waals surface area contributed by atoms with Gasteiger partial charge in [0, 0.05) is 0 Å². The van der Waals surface area contributed by atoms with E-state index in [0.717, 1.165) is 0 Å². The van der Waals surface area contributed by atoms with Crippen LogP contribution in [0.15, 0.2) is 12.2 Å². The van der Waals surface area contributed by atoms with E-state index >= 15 is 0 Å². The van der Waals surface area contributed by atoms with Crippen molar-refractivity contribution in [2.24, 2.45) is 0 Å². The number of hydrogen-bond donors (Lipinski definition) is 0. The van der Waals surface area contributed by atoms with Crippen LogP contribution in [0.4, 0.5) is 0 Å². The lowest BCUT2D eigenvalue weighted by Gasteiger charge is -2.30. The Morgan fingerprint density at radius 3 is 0.821 bits per heavy atom. The molecule has 0 spiro atoms. The van der Waals surface area contributed by atoms with Crippen molar-refractivity contribution in [1.82, 2.24) is 0 Å². The third-order valence-electron chi connectivity index (χ3n) is 8.89. The van der Waals surface area contributed by atoms with Crippen molar-refractivity contribution in [3.63, 3.8) is 0 Å². The number of allylic oxidation sites excluding steroid dienone is 2. The first kappa shape index (κ1) is 38.7. The first-order valence-corrected chi connectivity index (χ1v) is 18.6. The van der Waals surface area contributed by atoms with Crippen molar-refractivity contribution >= 4 is 0 Å². The molecule has 0 atom stereocenters. The molecule has 234 valence electrons. The molecule has 0 saturated carbocycles. The predicted octanol–water partition coefficient (Wildman–Crippen LogP) is 13.4. The maximum atomic E-state index is 2.46. The van der Waals surface area contributed by atoms with Crippen molar-refractivity contribution in [1.29, 1.82) is 0 Å². The lowest BCUT2D eigenvalue weighted by atomic mass is 10.0. The van der Waals surface area contributed by atoms with Gasteiger partial charge in [0.2, 0.25) is 0 Å². The number of hydrogen-bond acceptors (Lipinski definition) is 0. The Bertz CT molecular complexity index is 465. The topological polar surface area (TPSA) is 0 Å². The smallest absolute Gasteiger partial charge is 0.0782 e.